The molecule has 0 spiro atoms. The van der Waals surface area contributed by atoms with Gasteiger partial charge in [0.15, 0.2) is 5.78 Å². The molecule has 1 aromatic rings. The van der Waals surface area contributed by atoms with E-state index in [9.17, 15) is 4.79 Å². The molecule has 0 fully saturated rings. The molecule has 3 heteroatoms. The van der Waals surface area contributed by atoms with E-state index in [1.807, 2.05) is 30.3 Å². The van der Waals surface area contributed by atoms with Gasteiger partial charge >= 0.3 is 0 Å². The van der Waals surface area contributed by atoms with Gasteiger partial charge in [-0.25, -0.2) is 0 Å². The Balaban J connectivity index is 1.98. The maximum absolute atomic E-state index is 11.8. The number of carbonyl (C=O) groups is 1. The second-order valence-corrected chi connectivity index (χ2v) is 5.11. The standard InChI is InChI=1S/C16H26N2O/c17-16(18)13-9-4-2-1-3-8-12-15(19)14-10-6-5-7-11-14/h5-7,10-11,16H,1-4,8-9,12-13,17-18H2. The van der Waals surface area contributed by atoms with Crippen LogP contribution in [0.2, 0.25) is 0 Å². The van der Waals surface area contributed by atoms with Gasteiger partial charge in [0.25, 0.3) is 0 Å². The number of ketones is 1. The van der Waals surface area contributed by atoms with Gasteiger partial charge in [-0.2, -0.15) is 0 Å². The van der Waals surface area contributed by atoms with Crippen LogP contribution in [0.5, 0.6) is 0 Å². The Labute approximate surface area is 116 Å². The van der Waals surface area contributed by atoms with Gasteiger partial charge < -0.3 is 11.5 Å². The summed E-state index contributed by atoms with van der Waals surface area (Å²) in [6.07, 6.45) is 8.25. The maximum atomic E-state index is 11.8. The third-order valence-electron chi connectivity index (χ3n) is 3.29. The van der Waals surface area contributed by atoms with Gasteiger partial charge in [-0.1, -0.05) is 62.4 Å². The fourth-order valence-electron chi connectivity index (χ4n) is 2.14. The first kappa shape index (κ1) is 15.9. The van der Waals surface area contributed by atoms with E-state index in [4.69, 9.17) is 11.5 Å². The van der Waals surface area contributed by atoms with Gasteiger partial charge in [0.05, 0.1) is 6.17 Å². The summed E-state index contributed by atoms with van der Waals surface area (Å²) in [6, 6.07) is 9.53. The lowest BCUT2D eigenvalue weighted by atomic mass is 10.0. The molecule has 0 heterocycles. The topological polar surface area (TPSA) is 69.1 Å². The minimum atomic E-state index is -0.163. The lowest BCUT2D eigenvalue weighted by Crippen LogP contribution is -2.29. The predicted octanol–water partition coefficient (Wildman–Crippen LogP) is 3.23. The normalized spacial score (nSPS) is 10.9. The fraction of sp³-hybridized carbons (Fsp3) is 0.562. The molecule has 0 aliphatic rings. The molecule has 0 unspecified atom stereocenters. The monoisotopic (exact) mass is 262 g/mol. The number of carbonyl (C=O) groups excluding carboxylic acids is 1. The van der Waals surface area contributed by atoms with Crippen LogP contribution in [0.15, 0.2) is 30.3 Å². The van der Waals surface area contributed by atoms with Crippen LogP contribution in [0.25, 0.3) is 0 Å². The minimum absolute atomic E-state index is 0.163. The number of nitrogens with two attached hydrogens (primary N) is 2. The third kappa shape index (κ3) is 7.75. The summed E-state index contributed by atoms with van der Waals surface area (Å²) < 4.78 is 0. The lowest BCUT2D eigenvalue weighted by molar-refractivity contribution is 0.0979. The van der Waals surface area contributed by atoms with Crippen LogP contribution in [-0.2, 0) is 0 Å². The summed E-state index contributed by atoms with van der Waals surface area (Å²) in [5, 5.41) is 0. The number of benzene rings is 1. The Morgan fingerprint density at radius 1 is 0.895 bits per heavy atom. The Morgan fingerprint density at radius 2 is 1.47 bits per heavy atom. The van der Waals surface area contributed by atoms with Crippen molar-refractivity contribution >= 4 is 5.78 Å². The van der Waals surface area contributed by atoms with Crippen molar-refractivity contribution in [1.82, 2.24) is 0 Å². The third-order valence-corrected chi connectivity index (χ3v) is 3.29. The number of unbranched alkanes of at least 4 members (excludes halogenated alkanes) is 5. The molecule has 0 bridgehead atoms. The van der Waals surface area contributed by atoms with E-state index in [2.05, 4.69) is 0 Å². The van der Waals surface area contributed by atoms with Crippen molar-refractivity contribution in [3.8, 4) is 0 Å². The Hall–Kier alpha value is -1.19. The van der Waals surface area contributed by atoms with E-state index in [1.54, 1.807) is 0 Å². The molecule has 0 radical (unpaired) electrons. The van der Waals surface area contributed by atoms with Gasteiger partial charge in [0.2, 0.25) is 0 Å². The van der Waals surface area contributed by atoms with Crippen LogP contribution in [0.4, 0.5) is 0 Å². The molecule has 4 N–H and O–H groups in total. The molecule has 0 aromatic heterocycles. The van der Waals surface area contributed by atoms with Crippen LogP contribution in [-0.4, -0.2) is 11.9 Å². The first-order valence-corrected chi connectivity index (χ1v) is 7.29. The lowest BCUT2D eigenvalue weighted by Gasteiger charge is -2.04. The molecule has 0 amide bonds. The average Bonchev–Trinajstić information content (AvgIpc) is 2.42. The first-order chi connectivity index (χ1) is 9.20. The molecule has 1 rings (SSSR count). The Kier molecular flexibility index (Phi) is 8.10. The van der Waals surface area contributed by atoms with E-state index in [1.165, 1.54) is 19.3 Å². The van der Waals surface area contributed by atoms with E-state index in [-0.39, 0.29) is 11.9 Å². The molecule has 1 aromatic carbocycles. The molecule has 3 nitrogen and oxygen atoms in total. The quantitative estimate of drug-likeness (QED) is 0.386. The first-order valence-electron chi connectivity index (χ1n) is 7.29. The van der Waals surface area contributed by atoms with Crippen LogP contribution in [0.3, 0.4) is 0 Å². The smallest absolute Gasteiger partial charge is 0.162 e. The van der Waals surface area contributed by atoms with Crippen molar-refractivity contribution < 1.29 is 4.79 Å². The number of hydrogen-bond acceptors (Lipinski definition) is 3. The predicted molar refractivity (Wildman–Crippen MR) is 79.9 cm³/mol. The van der Waals surface area contributed by atoms with Crippen molar-refractivity contribution in [3.63, 3.8) is 0 Å². The zero-order valence-electron chi connectivity index (χ0n) is 11.7. The molecule has 106 valence electrons. The van der Waals surface area contributed by atoms with Crippen LogP contribution in [0.1, 0.15) is 61.7 Å². The molecule has 0 aliphatic heterocycles. The van der Waals surface area contributed by atoms with Crippen molar-refractivity contribution in [3.05, 3.63) is 35.9 Å². The number of hydrogen-bond donors (Lipinski definition) is 2. The second kappa shape index (κ2) is 9.70. The van der Waals surface area contributed by atoms with Crippen LogP contribution >= 0.6 is 0 Å². The van der Waals surface area contributed by atoms with Gasteiger partial charge in [0.1, 0.15) is 0 Å². The molecular formula is C16H26N2O. The molecule has 0 atom stereocenters. The summed E-state index contributed by atoms with van der Waals surface area (Å²) in [4.78, 5) is 11.8. The molecule has 0 saturated heterocycles. The Bertz CT molecular complexity index is 349. The summed E-state index contributed by atoms with van der Waals surface area (Å²) in [5.74, 6) is 0.259. The molecule has 0 aliphatic carbocycles. The van der Waals surface area contributed by atoms with Crippen molar-refractivity contribution in [2.24, 2.45) is 11.5 Å². The van der Waals surface area contributed by atoms with Crippen molar-refractivity contribution in [2.45, 2.75) is 57.5 Å². The Morgan fingerprint density at radius 3 is 2.11 bits per heavy atom. The average molecular weight is 262 g/mol. The highest BCUT2D eigenvalue weighted by atomic mass is 16.1. The summed E-state index contributed by atoms with van der Waals surface area (Å²) in [7, 11) is 0. The number of rotatable bonds is 10. The van der Waals surface area contributed by atoms with Crippen molar-refractivity contribution in [2.75, 3.05) is 0 Å². The maximum Gasteiger partial charge on any atom is 0.162 e. The summed E-state index contributed by atoms with van der Waals surface area (Å²) in [6.45, 7) is 0. The largest absolute Gasteiger partial charge is 0.316 e. The van der Waals surface area contributed by atoms with E-state index < -0.39 is 0 Å². The zero-order chi connectivity index (χ0) is 13.9. The van der Waals surface area contributed by atoms with E-state index in [0.29, 0.717) is 6.42 Å². The highest BCUT2D eigenvalue weighted by Gasteiger charge is 2.03. The molecular weight excluding hydrogens is 236 g/mol. The summed E-state index contributed by atoms with van der Waals surface area (Å²) >= 11 is 0. The molecule has 0 saturated carbocycles. The van der Waals surface area contributed by atoms with E-state index in [0.717, 1.165) is 31.2 Å². The zero-order valence-corrected chi connectivity index (χ0v) is 11.7. The van der Waals surface area contributed by atoms with Gasteiger partial charge in [-0.15, -0.1) is 0 Å². The van der Waals surface area contributed by atoms with Crippen LogP contribution in [0, 0.1) is 0 Å². The highest BCUT2D eigenvalue weighted by molar-refractivity contribution is 5.95. The van der Waals surface area contributed by atoms with E-state index >= 15 is 0 Å². The highest BCUT2D eigenvalue weighted by Crippen LogP contribution is 2.11. The van der Waals surface area contributed by atoms with Crippen LogP contribution < -0.4 is 11.5 Å². The van der Waals surface area contributed by atoms with Gasteiger partial charge in [0, 0.05) is 12.0 Å². The number of Topliss-reactive ketones (excluding diaryl/α,β-unsaturated/α-hetero) is 1. The second-order valence-electron chi connectivity index (χ2n) is 5.11. The molecule has 19 heavy (non-hydrogen) atoms. The van der Waals surface area contributed by atoms with Crippen molar-refractivity contribution in [1.29, 1.82) is 0 Å². The SMILES string of the molecule is NC(N)CCCCCCCCC(=O)c1ccccc1. The minimum Gasteiger partial charge on any atom is -0.316 e. The van der Waals surface area contributed by atoms with Gasteiger partial charge in [-0.3, -0.25) is 4.79 Å². The fourth-order valence-corrected chi connectivity index (χ4v) is 2.14. The van der Waals surface area contributed by atoms with Gasteiger partial charge in [-0.05, 0) is 12.8 Å². The summed E-state index contributed by atoms with van der Waals surface area (Å²) in [5.41, 5.74) is 11.8.